The fourth-order valence-electron chi connectivity index (χ4n) is 1.44. The lowest BCUT2D eigenvalue weighted by Gasteiger charge is -2.27. The third kappa shape index (κ3) is 7.46. The highest BCUT2D eigenvalue weighted by molar-refractivity contribution is 8.89. The largest absolute Gasteiger partial charge is 0.511 e. The van der Waals surface area contributed by atoms with Gasteiger partial charge in [0.25, 0.3) is 0 Å². The Labute approximate surface area is 148 Å². The molecule has 0 heterocycles. The van der Waals surface area contributed by atoms with E-state index < -0.39 is 23.4 Å². The Hall–Kier alpha value is 1.08. The van der Waals surface area contributed by atoms with E-state index in [1.807, 2.05) is 0 Å². The van der Waals surface area contributed by atoms with Crippen molar-refractivity contribution in [2.45, 2.75) is 6.92 Å². The summed E-state index contributed by atoms with van der Waals surface area (Å²) in [6.45, 7) is 2.11. The number of hydrogen-bond donors (Lipinski definition) is 0. The van der Waals surface area contributed by atoms with E-state index in [1.165, 1.54) is 42.7 Å². The lowest BCUT2D eigenvalue weighted by molar-refractivity contribution is 0.130. The van der Waals surface area contributed by atoms with Crippen molar-refractivity contribution in [2.75, 3.05) is 60.0 Å². The van der Waals surface area contributed by atoms with Gasteiger partial charge in [0.1, 0.15) is 0 Å². The summed E-state index contributed by atoms with van der Waals surface area (Å²) in [6, 6.07) is 0. The van der Waals surface area contributed by atoms with Crippen LogP contribution in [0.5, 0.6) is 0 Å². The van der Waals surface area contributed by atoms with Crippen LogP contribution in [0.2, 0.25) is 0 Å². The van der Waals surface area contributed by atoms with E-state index >= 15 is 0 Å². The third-order valence-corrected chi connectivity index (χ3v) is 18.5. The van der Waals surface area contributed by atoms with Crippen LogP contribution in [0.1, 0.15) is 6.92 Å². The minimum Gasteiger partial charge on any atom is -0.376 e. The Balaban J connectivity index is 4.96. The van der Waals surface area contributed by atoms with Crippen molar-refractivity contribution in [3.05, 3.63) is 0 Å². The summed E-state index contributed by atoms with van der Waals surface area (Å²) < 4.78 is 50.5. The molecule has 0 spiro atoms. The van der Waals surface area contributed by atoms with Crippen molar-refractivity contribution >= 4 is 46.1 Å². The second-order valence-electron chi connectivity index (χ2n) is 4.00. The molecule has 13 heteroatoms. The smallest absolute Gasteiger partial charge is 0.376 e. The molecular formula is C10H27O8PS2Si2. The quantitative estimate of drug-likeness (QED) is 0.305. The van der Waals surface area contributed by atoms with Crippen LogP contribution in [0.3, 0.4) is 0 Å². The molecule has 0 saturated carbocycles. The summed E-state index contributed by atoms with van der Waals surface area (Å²) in [5.41, 5.74) is 0. The molecular weight excluding hydrogens is 399 g/mol. The molecule has 0 rings (SSSR count). The van der Waals surface area contributed by atoms with Gasteiger partial charge in [0.05, 0.1) is 17.4 Å². The van der Waals surface area contributed by atoms with Crippen LogP contribution in [0.25, 0.3) is 0 Å². The summed E-state index contributed by atoms with van der Waals surface area (Å²) in [7, 11) is 3.38. The SMILES string of the molecule is CCOP(=O)(SC[Si](OC)(OC)OC)SC[Si](OC)(OC)OC. The van der Waals surface area contributed by atoms with E-state index in [0.717, 1.165) is 22.8 Å². The highest BCUT2D eigenvalue weighted by atomic mass is 33.1. The first-order valence-corrected chi connectivity index (χ1v) is 15.4. The Morgan fingerprint density at radius 1 is 0.739 bits per heavy atom. The maximum atomic E-state index is 13.0. The van der Waals surface area contributed by atoms with Crippen molar-refractivity contribution in [2.24, 2.45) is 0 Å². The molecule has 0 aromatic heterocycles. The molecule has 0 aliphatic rings. The van der Waals surface area contributed by atoms with Crippen LogP contribution in [0.4, 0.5) is 0 Å². The highest BCUT2D eigenvalue weighted by Crippen LogP contribution is 2.70. The van der Waals surface area contributed by atoms with Gasteiger partial charge in [-0.3, -0.25) is 4.57 Å². The van der Waals surface area contributed by atoms with Crippen LogP contribution >= 0.6 is 28.5 Å². The van der Waals surface area contributed by atoms with E-state index in [4.69, 9.17) is 31.1 Å². The Kier molecular flexibility index (Phi) is 12.2. The van der Waals surface area contributed by atoms with E-state index in [0.29, 0.717) is 17.4 Å². The fourth-order valence-corrected chi connectivity index (χ4v) is 18.9. The molecule has 0 atom stereocenters. The van der Waals surface area contributed by atoms with Crippen molar-refractivity contribution in [1.82, 2.24) is 0 Å². The lowest BCUT2D eigenvalue weighted by atomic mass is 10.9. The van der Waals surface area contributed by atoms with Crippen molar-refractivity contribution < 1.29 is 35.6 Å². The van der Waals surface area contributed by atoms with Gasteiger partial charge in [0.15, 0.2) is 0 Å². The van der Waals surface area contributed by atoms with E-state index in [1.54, 1.807) is 6.92 Å². The standard InChI is InChI=1S/C10H27O8PS2Si2/c1-8-18-19(11,20-9-22(12-2,13-3)14-4)21-10-23(15-5,16-6)17-7/h8-10H2,1-7H3. The van der Waals surface area contributed by atoms with E-state index in [-0.39, 0.29) is 0 Å². The van der Waals surface area contributed by atoms with Gasteiger partial charge < -0.3 is 31.1 Å². The summed E-state index contributed by atoms with van der Waals surface area (Å²) in [5, 5.41) is 0.616. The van der Waals surface area contributed by atoms with E-state index in [9.17, 15) is 4.57 Å². The first-order chi connectivity index (χ1) is 10.8. The van der Waals surface area contributed by atoms with Gasteiger partial charge >= 0.3 is 23.4 Å². The molecule has 0 N–H and O–H groups in total. The molecule has 8 nitrogen and oxygen atoms in total. The fraction of sp³-hybridized carbons (Fsp3) is 1.00. The lowest BCUT2D eigenvalue weighted by Crippen LogP contribution is -2.46. The zero-order valence-electron chi connectivity index (χ0n) is 14.7. The summed E-state index contributed by atoms with van der Waals surface area (Å²) in [6.07, 6.45) is 0. The minimum absolute atomic E-state index is 0.308. The molecule has 0 fully saturated rings. The van der Waals surface area contributed by atoms with Gasteiger partial charge in [-0.25, -0.2) is 0 Å². The zero-order chi connectivity index (χ0) is 18.0. The van der Waals surface area contributed by atoms with Crippen LogP contribution in [0, 0.1) is 0 Å². The molecule has 0 saturated heterocycles. The maximum absolute atomic E-state index is 13.0. The highest BCUT2D eigenvalue weighted by Gasteiger charge is 2.45. The topological polar surface area (TPSA) is 81.7 Å². The molecule has 0 amide bonds. The van der Waals surface area contributed by atoms with Crippen LogP contribution < -0.4 is 0 Å². The van der Waals surface area contributed by atoms with Crippen LogP contribution in [0.15, 0.2) is 0 Å². The van der Waals surface area contributed by atoms with Gasteiger partial charge in [-0.2, -0.15) is 0 Å². The molecule has 0 radical (unpaired) electrons. The molecule has 0 unspecified atom stereocenters. The molecule has 0 aliphatic carbocycles. The first-order valence-electron chi connectivity index (χ1n) is 6.68. The second kappa shape index (κ2) is 11.7. The van der Waals surface area contributed by atoms with E-state index in [2.05, 4.69) is 0 Å². The Morgan fingerprint density at radius 2 is 1.04 bits per heavy atom. The monoisotopic (exact) mass is 426 g/mol. The number of hydrogen-bond acceptors (Lipinski definition) is 10. The molecule has 0 aromatic carbocycles. The second-order valence-corrected chi connectivity index (χ2v) is 18.3. The van der Waals surface area contributed by atoms with Gasteiger partial charge in [-0.15, -0.1) is 0 Å². The van der Waals surface area contributed by atoms with Gasteiger partial charge in [0.2, 0.25) is 0 Å². The molecule has 0 aromatic rings. The van der Waals surface area contributed by atoms with Crippen LogP contribution in [-0.4, -0.2) is 77.6 Å². The van der Waals surface area contributed by atoms with Crippen molar-refractivity contribution in [3.8, 4) is 0 Å². The normalized spacial score (nSPS) is 13.5. The van der Waals surface area contributed by atoms with Gasteiger partial charge in [-0.05, 0) is 6.92 Å². The first kappa shape index (κ1) is 24.1. The van der Waals surface area contributed by atoms with Crippen molar-refractivity contribution in [1.29, 1.82) is 0 Å². The Morgan fingerprint density at radius 3 is 1.26 bits per heavy atom. The van der Waals surface area contributed by atoms with Gasteiger partial charge in [-0.1, -0.05) is 22.8 Å². The number of rotatable bonds is 14. The van der Waals surface area contributed by atoms with Crippen LogP contribution in [-0.2, 0) is 35.6 Å². The maximum Gasteiger partial charge on any atom is 0.511 e. The summed E-state index contributed by atoms with van der Waals surface area (Å²) in [4.78, 5) is 0. The third-order valence-electron chi connectivity index (χ3n) is 2.95. The molecule has 0 aliphatic heterocycles. The molecule has 140 valence electrons. The molecule has 0 bridgehead atoms. The average Bonchev–Trinajstić information content (AvgIpc) is 2.59. The van der Waals surface area contributed by atoms with Crippen molar-refractivity contribution in [3.63, 3.8) is 0 Å². The minimum atomic E-state index is -3.07. The zero-order valence-corrected chi connectivity index (χ0v) is 19.2. The summed E-state index contributed by atoms with van der Waals surface area (Å²) in [5.74, 6) is -3.07. The predicted octanol–water partition coefficient (Wildman–Crippen LogP) is 2.43. The Bertz CT molecular complexity index is 326. The molecule has 23 heavy (non-hydrogen) atoms. The van der Waals surface area contributed by atoms with Gasteiger partial charge in [0, 0.05) is 42.7 Å². The summed E-state index contributed by atoms with van der Waals surface area (Å²) >= 11 is 2.28. The predicted molar refractivity (Wildman–Crippen MR) is 97.7 cm³/mol. The average molecular weight is 427 g/mol.